The fourth-order valence-electron chi connectivity index (χ4n) is 6.83. The van der Waals surface area contributed by atoms with Crippen LogP contribution in [0, 0.1) is 0 Å². The maximum Gasteiger partial charge on any atom is 0.472 e. The van der Waals surface area contributed by atoms with Crippen LogP contribution < -0.4 is 5.73 Å². The minimum Gasteiger partial charge on any atom is -0.462 e. The van der Waals surface area contributed by atoms with Crippen molar-refractivity contribution >= 4 is 19.8 Å². The molecule has 63 heavy (non-hydrogen) atoms. The summed E-state index contributed by atoms with van der Waals surface area (Å²) in [5, 5.41) is 0. The predicted molar refractivity (Wildman–Crippen MR) is 266 cm³/mol. The molecule has 0 aromatic rings. The van der Waals surface area contributed by atoms with Crippen LogP contribution in [0.1, 0.15) is 219 Å². The van der Waals surface area contributed by atoms with Crippen LogP contribution in [0.2, 0.25) is 0 Å². The lowest BCUT2D eigenvalue weighted by atomic mass is 10.0. The topological polar surface area (TPSA) is 134 Å². The van der Waals surface area contributed by atoms with Gasteiger partial charge in [-0.1, -0.05) is 196 Å². The van der Waals surface area contributed by atoms with E-state index in [-0.39, 0.29) is 32.6 Å². The van der Waals surface area contributed by atoms with Gasteiger partial charge in [0, 0.05) is 19.4 Å². The van der Waals surface area contributed by atoms with E-state index < -0.39 is 32.5 Å². The smallest absolute Gasteiger partial charge is 0.462 e. The van der Waals surface area contributed by atoms with Crippen molar-refractivity contribution in [1.82, 2.24) is 0 Å². The standard InChI is InChI=1S/C53H94NO8P/c1-3-5-7-9-11-13-15-17-19-21-22-23-24-25-26-27-28-30-32-34-36-38-40-42-44-46-53(56)62-51(50-61-63(57,58)60-48-47-54)49-59-52(55)45-43-41-39-37-35-33-31-29-20-18-16-14-12-10-8-6-4-2/h5,7,11-14,17-20,22-23,51H,3-4,6,8-10,15-16,21,24-50,54H2,1-2H3,(H,57,58)/b7-5-,13-11-,14-12-,19-17-,20-18-,23-22-. The molecule has 0 rings (SSSR count). The average molecular weight is 904 g/mol. The molecular weight excluding hydrogens is 810 g/mol. The summed E-state index contributed by atoms with van der Waals surface area (Å²) >= 11 is 0. The van der Waals surface area contributed by atoms with E-state index in [2.05, 4.69) is 86.8 Å². The van der Waals surface area contributed by atoms with E-state index in [0.29, 0.717) is 6.42 Å². The third-order valence-electron chi connectivity index (χ3n) is 10.6. The van der Waals surface area contributed by atoms with E-state index in [0.717, 1.165) is 83.5 Å². The van der Waals surface area contributed by atoms with Crippen LogP contribution in [0.25, 0.3) is 0 Å². The lowest BCUT2D eigenvalue weighted by Crippen LogP contribution is -2.29. The first-order valence-electron chi connectivity index (χ1n) is 25.4. The predicted octanol–water partition coefficient (Wildman–Crippen LogP) is 15.4. The highest BCUT2D eigenvalue weighted by Crippen LogP contribution is 2.43. The van der Waals surface area contributed by atoms with Crippen molar-refractivity contribution in [3.63, 3.8) is 0 Å². The Morgan fingerprint density at radius 1 is 0.492 bits per heavy atom. The van der Waals surface area contributed by atoms with Gasteiger partial charge >= 0.3 is 19.8 Å². The maximum absolute atomic E-state index is 12.7. The summed E-state index contributed by atoms with van der Waals surface area (Å²) < 4.78 is 32.9. The van der Waals surface area contributed by atoms with Gasteiger partial charge in [0.1, 0.15) is 6.61 Å². The number of unbranched alkanes of at least 4 members (excludes halogenated alkanes) is 22. The molecule has 0 aromatic heterocycles. The number of phosphoric acid groups is 1. The number of allylic oxidation sites excluding steroid dienone is 12. The molecule has 0 aliphatic heterocycles. The highest BCUT2D eigenvalue weighted by molar-refractivity contribution is 7.47. The van der Waals surface area contributed by atoms with Gasteiger partial charge < -0.3 is 20.1 Å². The van der Waals surface area contributed by atoms with Gasteiger partial charge in [0.15, 0.2) is 6.10 Å². The third kappa shape index (κ3) is 48.7. The molecule has 2 atom stereocenters. The van der Waals surface area contributed by atoms with Gasteiger partial charge in [-0.15, -0.1) is 0 Å². The molecule has 0 spiro atoms. The molecule has 9 nitrogen and oxygen atoms in total. The second-order valence-electron chi connectivity index (χ2n) is 16.7. The SMILES string of the molecule is CC/C=C\C/C=C\C/C=C\C/C=C\CCCCCCCCCCCCCCC(=O)OC(COC(=O)CCCCCCCCC/C=C\C/C=C\CCCCC)COP(=O)(O)OCCN. The number of hydrogen-bond donors (Lipinski definition) is 2. The van der Waals surface area contributed by atoms with E-state index in [9.17, 15) is 19.0 Å². The normalized spacial score (nSPS) is 13.8. The summed E-state index contributed by atoms with van der Waals surface area (Å²) in [5.74, 6) is -0.839. The Bertz CT molecular complexity index is 1260. The van der Waals surface area contributed by atoms with E-state index in [1.807, 2.05) is 0 Å². The second kappa shape index (κ2) is 48.9. The van der Waals surface area contributed by atoms with Crippen molar-refractivity contribution in [3.05, 3.63) is 72.9 Å². The van der Waals surface area contributed by atoms with Gasteiger partial charge in [-0.3, -0.25) is 18.6 Å². The maximum atomic E-state index is 12.7. The van der Waals surface area contributed by atoms with Gasteiger partial charge in [-0.2, -0.15) is 0 Å². The fourth-order valence-corrected chi connectivity index (χ4v) is 7.60. The molecule has 0 aliphatic rings. The first kappa shape index (κ1) is 60.5. The first-order chi connectivity index (χ1) is 30.8. The highest BCUT2D eigenvalue weighted by Gasteiger charge is 2.26. The lowest BCUT2D eigenvalue weighted by molar-refractivity contribution is -0.161. The number of nitrogens with two attached hydrogens (primary N) is 1. The molecule has 2 unspecified atom stereocenters. The van der Waals surface area contributed by atoms with Crippen molar-refractivity contribution in [3.8, 4) is 0 Å². The molecule has 0 aliphatic carbocycles. The minimum absolute atomic E-state index is 0.0493. The summed E-state index contributed by atoms with van der Waals surface area (Å²) in [4.78, 5) is 35.0. The van der Waals surface area contributed by atoms with Crippen LogP contribution in [-0.4, -0.2) is 49.3 Å². The summed E-state index contributed by atoms with van der Waals surface area (Å²) in [6.07, 6.45) is 60.8. The third-order valence-corrected chi connectivity index (χ3v) is 11.6. The summed E-state index contributed by atoms with van der Waals surface area (Å²) in [5.41, 5.74) is 5.37. The van der Waals surface area contributed by atoms with Crippen LogP contribution in [0.5, 0.6) is 0 Å². The monoisotopic (exact) mass is 904 g/mol. The van der Waals surface area contributed by atoms with Gasteiger partial charge in [0.05, 0.1) is 13.2 Å². The number of rotatable bonds is 47. The summed E-state index contributed by atoms with van der Waals surface area (Å²) in [6, 6.07) is 0. The van der Waals surface area contributed by atoms with E-state index in [1.54, 1.807) is 0 Å². The van der Waals surface area contributed by atoms with Crippen molar-refractivity contribution in [2.24, 2.45) is 5.73 Å². The first-order valence-corrected chi connectivity index (χ1v) is 26.9. The zero-order valence-corrected chi connectivity index (χ0v) is 41.2. The Morgan fingerprint density at radius 2 is 0.873 bits per heavy atom. The van der Waals surface area contributed by atoms with E-state index in [4.69, 9.17) is 24.3 Å². The van der Waals surface area contributed by atoms with Crippen molar-refractivity contribution in [2.45, 2.75) is 225 Å². The van der Waals surface area contributed by atoms with Crippen molar-refractivity contribution in [2.75, 3.05) is 26.4 Å². The molecule has 0 bridgehead atoms. The number of carbonyl (C=O) groups excluding carboxylic acids is 2. The largest absolute Gasteiger partial charge is 0.472 e. The number of carbonyl (C=O) groups is 2. The molecule has 3 N–H and O–H groups in total. The summed E-state index contributed by atoms with van der Waals surface area (Å²) in [7, 11) is -4.39. The number of phosphoric ester groups is 1. The Hall–Kier alpha value is -2.55. The van der Waals surface area contributed by atoms with E-state index >= 15 is 0 Å². The molecular formula is C53H94NO8P. The Morgan fingerprint density at radius 3 is 1.30 bits per heavy atom. The molecule has 0 heterocycles. The number of esters is 2. The second-order valence-corrected chi connectivity index (χ2v) is 18.1. The zero-order chi connectivity index (χ0) is 46.0. The summed E-state index contributed by atoms with van der Waals surface area (Å²) in [6.45, 7) is 3.60. The van der Waals surface area contributed by atoms with Crippen LogP contribution in [0.15, 0.2) is 72.9 Å². The van der Waals surface area contributed by atoms with Crippen molar-refractivity contribution in [1.29, 1.82) is 0 Å². The number of ether oxygens (including phenoxy) is 2. The molecule has 0 amide bonds. The van der Waals surface area contributed by atoms with Gasteiger partial charge in [-0.05, 0) is 83.5 Å². The Kier molecular flexibility index (Phi) is 46.9. The molecule has 0 radical (unpaired) electrons. The molecule has 0 aromatic carbocycles. The fraction of sp³-hybridized carbons (Fsp3) is 0.736. The van der Waals surface area contributed by atoms with Crippen LogP contribution >= 0.6 is 7.82 Å². The van der Waals surface area contributed by atoms with E-state index in [1.165, 1.54) is 103 Å². The van der Waals surface area contributed by atoms with Crippen LogP contribution in [0.3, 0.4) is 0 Å². The molecule has 0 saturated carbocycles. The van der Waals surface area contributed by atoms with Crippen LogP contribution in [0.4, 0.5) is 0 Å². The Balaban J connectivity index is 4.05. The highest BCUT2D eigenvalue weighted by atomic mass is 31.2. The average Bonchev–Trinajstić information content (AvgIpc) is 3.27. The molecule has 0 fully saturated rings. The quantitative estimate of drug-likeness (QED) is 0.0265. The minimum atomic E-state index is -4.39. The van der Waals surface area contributed by atoms with Gasteiger partial charge in [-0.25, -0.2) is 4.57 Å². The Labute approximate surface area is 386 Å². The lowest BCUT2D eigenvalue weighted by Gasteiger charge is -2.19. The number of hydrogen-bond acceptors (Lipinski definition) is 8. The molecule has 10 heteroatoms. The molecule has 0 saturated heterocycles. The van der Waals surface area contributed by atoms with Gasteiger partial charge in [0.2, 0.25) is 0 Å². The molecule has 364 valence electrons. The van der Waals surface area contributed by atoms with Crippen molar-refractivity contribution < 1.29 is 37.6 Å². The zero-order valence-electron chi connectivity index (χ0n) is 40.3. The van der Waals surface area contributed by atoms with Gasteiger partial charge in [0.25, 0.3) is 0 Å². The van der Waals surface area contributed by atoms with Crippen LogP contribution in [-0.2, 0) is 32.7 Å².